The molecule has 5 heteroatoms. The number of benzene rings is 1. The normalized spacial score (nSPS) is 24.4. The van der Waals surface area contributed by atoms with Crippen molar-refractivity contribution in [2.24, 2.45) is 0 Å². The monoisotopic (exact) mass is 282 g/mol. The summed E-state index contributed by atoms with van der Waals surface area (Å²) in [6.07, 6.45) is 2.22. The van der Waals surface area contributed by atoms with Crippen LogP contribution in [0.25, 0.3) is 11.0 Å². The van der Waals surface area contributed by atoms with Crippen molar-refractivity contribution in [3.63, 3.8) is 0 Å². The van der Waals surface area contributed by atoms with E-state index in [1.165, 1.54) is 12.1 Å². The average Bonchev–Trinajstić information content (AvgIpc) is 2.66. The molecule has 0 radical (unpaired) electrons. The van der Waals surface area contributed by atoms with E-state index in [1.807, 2.05) is 6.92 Å². The second-order valence-electron chi connectivity index (χ2n) is 5.07. The summed E-state index contributed by atoms with van der Waals surface area (Å²) in [5, 5.41) is -0.197. The van der Waals surface area contributed by atoms with Gasteiger partial charge in [-0.2, -0.15) is 0 Å². The molecule has 0 aliphatic heterocycles. The Morgan fingerprint density at radius 2 is 2.21 bits per heavy atom. The van der Waals surface area contributed by atoms with E-state index in [0.29, 0.717) is 17.7 Å². The Labute approximate surface area is 116 Å². The summed E-state index contributed by atoms with van der Waals surface area (Å²) in [5.41, 5.74) is 1.62. The number of imidazole rings is 1. The van der Waals surface area contributed by atoms with Gasteiger partial charge in [-0.3, -0.25) is 0 Å². The molecular weight excluding hydrogens is 267 g/mol. The number of fused-ring (bicyclic) bond motifs is 1. The first-order valence-corrected chi connectivity index (χ1v) is 6.88. The SMILES string of the molecule is COC1CC(n2c(C(C)Cl)nc3cc(F)ccc32)C1. The van der Waals surface area contributed by atoms with Crippen molar-refractivity contribution in [1.29, 1.82) is 0 Å². The lowest BCUT2D eigenvalue weighted by molar-refractivity contribution is 0.00658. The Hall–Kier alpha value is -1.13. The first-order chi connectivity index (χ1) is 9.10. The summed E-state index contributed by atoms with van der Waals surface area (Å²) in [4.78, 5) is 4.48. The van der Waals surface area contributed by atoms with Crippen LogP contribution in [-0.2, 0) is 4.74 Å². The molecule has 1 saturated carbocycles. The molecule has 3 rings (SSSR count). The molecule has 1 unspecified atom stereocenters. The predicted octanol–water partition coefficient (Wildman–Crippen LogP) is 3.83. The Morgan fingerprint density at radius 3 is 2.84 bits per heavy atom. The fraction of sp³-hybridized carbons (Fsp3) is 0.500. The smallest absolute Gasteiger partial charge is 0.127 e. The van der Waals surface area contributed by atoms with Crippen molar-refractivity contribution in [2.45, 2.75) is 37.3 Å². The van der Waals surface area contributed by atoms with Crippen LogP contribution < -0.4 is 0 Å². The largest absolute Gasteiger partial charge is 0.381 e. The lowest BCUT2D eigenvalue weighted by Gasteiger charge is -2.36. The van der Waals surface area contributed by atoms with Crippen molar-refractivity contribution in [1.82, 2.24) is 9.55 Å². The maximum atomic E-state index is 13.3. The van der Waals surface area contributed by atoms with Crippen LogP contribution in [0.15, 0.2) is 18.2 Å². The number of nitrogens with zero attached hydrogens (tertiary/aromatic N) is 2. The minimum absolute atomic E-state index is 0.197. The molecule has 1 aromatic carbocycles. The number of ether oxygens (including phenoxy) is 1. The number of methoxy groups -OCH3 is 1. The Kier molecular flexibility index (Phi) is 3.23. The molecule has 1 aliphatic rings. The second kappa shape index (κ2) is 4.76. The Morgan fingerprint density at radius 1 is 1.47 bits per heavy atom. The molecule has 0 amide bonds. The van der Waals surface area contributed by atoms with Crippen molar-refractivity contribution in [3.8, 4) is 0 Å². The third kappa shape index (κ3) is 2.13. The molecule has 102 valence electrons. The zero-order valence-electron chi connectivity index (χ0n) is 10.9. The highest BCUT2D eigenvalue weighted by Crippen LogP contribution is 2.39. The third-order valence-electron chi connectivity index (χ3n) is 3.80. The molecule has 1 aromatic heterocycles. The zero-order chi connectivity index (χ0) is 13.6. The molecule has 0 spiro atoms. The number of alkyl halides is 1. The second-order valence-corrected chi connectivity index (χ2v) is 5.73. The third-order valence-corrected chi connectivity index (χ3v) is 4.00. The number of hydrogen-bond acceptors (Lipinski definition) is 2. The predicted molar refractivity (Wildman–Crippen MR) is 73.0 cm³/mol. The summed E-state index contributed by atoms with van der Waals surface area (Å²) >= 11 is 6.21. The lowest BCUT2D eigenvalue weighted by Crippen LogP contribution is -2.33. The van der Waals surface area contributed by atoms with Crippen LogP contribution in [0.1, 0.15) is 37.0 Å². The van der Waals surface area contributed by atoms with E-state index in [2.05, 4.69) is 9.55 Å². The topological polar surface area (TPSA) is 27.1 Å². The summed E-state index contributed by atoms with van der Waals surface area (Å²) in [6.45, 7) is 1.89. The molecule has 1 atom stereocenters. The highest BCUT2D eigenvalue weighted by Gasteiger charge is 2.33. The van der Waals surface area contributed by atoms with Crippen LogP contribution in [0.4, 0.5) is 4.39 Å². The minimum atomic E-state index is -0.269. The summed E-state index contributed by atoms with van der Waals surface area (Å²) in [7, 11) is 1.73. The standard InChI is InChI=1S/C14H16ClFN2O/c1-8(15)14-17-12-5-9(16)3-4-13(12)18(14)10-6-11(7-10)19-2/h3-5,8,10-11H,6-7H2,1-2H3. The van der Waals surface area contributed by atoms with Gasteiger partial charge >= 0.3 is 0 Å². The molecule has 0 saturated heterocycles. The van der Waals surface area contributed by atoms with Crippen molar-refractivity contribution >= 4 is 22.6 Å². The van der Waals surface area contributed by atoms with Gasteiger partial charge in [0.25, 0.3) is 0 Å². The molecule has 1 aliphatic carbocycles. The highest BCUT2D eigenvalue weighted by molar-refractivity contribution is 6.20. The van der Waals surface area contributed by atoms with E-state index >= 15 is 0 Å². The van der Waals surface area contributed by atoms with E-state index in [-0.39, 0.29) is 11.2 Å². The van der Waals surface area contributed by atoms with Gasteiger partial charge in [-0.05, 0) is 31.9 Å². The Bertz CT molecular complexity index is 605. The van der Waals surface area contributed by atoms with Crippen molar-refractivity contribution in [2.75, 3.05) is 7.11 Å². The van der Waals surface area contributed by atoms with Gasteiger partial charge in [0.15, 0.2) is 0 Å². The Balaban J connectivity index is 2.07. The van der Waals surface area contributed by atoms with Gasteiger partial charge in [0, 0.05) is 19.2 Å². The van der Waals surface area contributed by atoms with E-state index in [0.717, 1.165) is 24.2 Å². The number of rotatable bonds is 3. The first-order valence-electron chi connectivity index (χ1n) is 6.44. The molecule has 0 N–H and O–H groups in total. The van der Waals surface area contributed by atoms with E-state index in [4.69, 9.17) is 16.3 Å². The van der Waals surface area contributed by atoms with Gasteiger partial charge in [0.05, 0.1) is 22.5 Å². The number of hydrogen-bond donors (Lipinski definition) is 0. The first kappa shape index (κ1) is 12.9. The van der Waals surface area contributed by atoms with Gasteiger partial charge in [0.2, 0.25) is 0 Å². The maximum absolute atomic E-state index is 13.3. The molecule has 1 heterocycles. The van der Waals surface area contributed by atoms with E-state index in [1.54, 1.807) is 13.2 Å². The fourth-order valence-corrected chi connectivity index (χ4v) is 2.85. The van der Waals surface area contributed by atoms with Gasteiger partial charge in [-0.15, -0.1) is 11.6 Å². The van der Waals surface area contributed by atoms with E-state index in [9.17, 15) is 4.39 Å². The van der Waals surface area contributed by atoms with Gasteiger partial charge in [-0.1, -0.05) is 0 Å². The van der Waals surface area contributed by atoms with Gasteiger partial charge in [0.1, 0.15) is 11.6 Å². The highest BCUT2D eigenvalue weighted by atomic mass is 35.5. The molecule has 2 aromatic rings. The van der Waals surface area contributed by atoms with Gasteiger partial charge in [-0.25, -0.2) is 9.37 Å². The zero-order valence-corrected chi connectivity index (χ0v) is 11.7. The molecule has 1 fully saturated rings. The quantitative estimate of drug-likeness (QED) is 0.800. The average molecular weight is 283 g/mol. The number of halogens is 2. The molecule has 19 heavy (non-hydrogen) atoms. The van der Waals surface area contributed by atoms with Crippen LogP contribution >= 0.6 is 11.6 Å². The van der Waals surface area contributed by atoms with Crippen LogP contribution in [0.5, 0.6) is 0 Å². The van der Waals surface area contributed by atoms with Crippen LogP contribution in [0.2, 0.25) is 0 Å². The van der Waals surface area contributed by atoms with Crippen molar-refractivity contribution in [3.05, 3.63) is 29.8 Å². The van der Waals surface area contributed by atoms with Crippen LogP contribution in [0, 0.1) is 5.82 Å². The van der Waals surface area contributed by atoms with Crippen molar-refractivity contribution < 1.29 is 9.13 Å². The summed E-state index contributed by atoms with van der Waals surface area (Å²) in [6, 6.07) is 5.05. The van der Waals surface area contributed by atoms with E-state index < -0.39 is 0 Å². The molecular formula is C14H16ClFN2O. The molecule has 3 nitrogen and oxygen atoms in total. The lowest BCUT2D eigenvalue weighted by atomic mass is 9.88. The maximum Gasteiger partial charge on any atom is 0.127 e. The summed E-state index contributed by atoms with van der Waals surface area (Å²) < 4.78 is 20.8. The number of aromatic nitrogens is 2. The van der Waals surface area contributed by atoms with Gasteiger partial charge < -0.3 is 9.30 Å². The fourth-order valence-electron chi connectivity index (χ4n) is 2.70. The minimum Gasteiger partial charge on any atom is -0.381 e. The van der Waals surface area contributed by atoms with Crippen LogP contribution in [0.3, 0.4) is 0 Å². The van der Waals surface area contributed by atoms with Crippen LogP contribution in [-0.4, -0.2) is 22.8 Å². The molecule has 0 bridgehead atoms. The summed E-state index contributed by atoms with van der Waals surface area (Å²) in [5.74, 6) is 0.538.